The molecule has 0 amide bonds. The van der Waals surface area contributed by atoms with Gasteiger partial charge in [-0.05, 0) is 54.1 Å². The van der Waals surface area contributed by atoms with Crippen molar-refractivity contribution in [3.05, 3.63) is 107 Å². The van der Waals surface area contributed by atoms with Crippen LogP contribution >= 0.6 is 0 Å². The van der Waals surface area contributed by atoms with Crippen LogP contribution in [0.5, 0.6) is 23.0 Å². The molecule has 7 nitrogen and oxygen atoms in total. The van der Waals surface area contributed by atoms with Gasteiger partial charge in [-0.1, -0.05) is 30.3 Å². The Morgan fingerprint density at radius 2 is 1.44 bits per heavy atom. The van der Waals surface area contributed by atoms with Crippen LogP contribution < -0.4 is 19.6 Å². The molecule has 39 heavy (non-hydrogen) atoms. The fourth-order valence-electron chi connectivity index (χ4n) is 4.51. The summed E-state index contributed by atoms with van der Waals surface area (Å²) >= 11 is 0. The molecule has 6 aromatic rings. The summed E-state index contributed by atoms with van der Waals surface area (Å²) in [6.45, 7) is 0.387. The van der Waals surface area contributed by atoms with Gasteiger partial charge in [-0.25, -0.2) is 0 Å². The monoisotopic (exact) mass is 520 g/mol. The molecule has 2 aromatic heterocycles. The van der Waals surface area contributed by atoms with Crippen molar-refractivity contribution >= 4 is 21.9 Å². The first-order chi connectivity index (χ1) is 19.0. The lowest BCUT2D eigenvalue weighted by Crippen LogP contribution is -2.01. The van der Waals surface area contributed by atoms with Crippen molar-refractivity contribution in [1.29, 1.82) is 0 Å². The number of hydrogen-bond acceptors (Lipinski definition) is 7. The van der Waals surface area contributed by atoms with Crippen LogP contribution in [-0.4, -0.2) is 19.3 Å². The molecule has 0 radical (unpaired) electrons. The second-order valence-corrected chi connectivity index (χ2v) is 8.96. The smallest absolute Gasteiger partial charge is 0.197 e. The minimum Gasteiger partial charge on any atom is -0.506 e. The molecule has 0 spiro atoms. The predicted molar refractivity (Wildman–Crippen MR) is 149 cm³/mol. The number of ether oxygens (including phenoxy) is 3. The third-order valence-electron chi connectivity index (χ3n) is 6.55. The van der Waals surface area contributed by atoms with E-state index < -0.39 is 0 Å². The van der Waals surface area contributed by atoms with E-state index in [2.05, 4.69) is 0 Å². The van der Waals surface area contributed by atoms with Crippen LogP contribution in [0.25, 0.3) is 44.6 Å². The highest BCUT2D eigenvalue weighted by atomic mass is 16.5. The predicted octanol–water partition coefficient (Wildman–Crippen LogP) is 7.18. The highest BCUT2D eigenvalue weighted by molar-refractivity contribution is 6.02. The quantitative estimate of drug-likeness (QED) is 0.238. The van der Waals surface area contributed by atoms with Gasteiger partial charge in [0.05, 0.1) is 19.6 Å². The van der Waals surface area contributed by atoms with Gasteiger partial charge in [-0.15, -0.1) is 0 Å². The molecule has 7 heteroatoms. The van der Waals surface area contributed by atoms with Crippen LogP contribution in [-0.2, 0) is 6.61 Å². The van der Waals surface area contributed by atoms with Gasteiger partial charge in [0.15, 0.2) is 16.9 Å². The Morgan fingerprint density at radius 1 is 0.718 bits per heavy atom. The van der Waals surface area contributed by atoms with Crippen molar-refractivity contribution in [2.24, 2.45) is 0 Å². The Balaban J connectivity index is 1.37. The Bertz CT molecular complexity index is 1850. The van der Waals surface area contributed by atoms with Crippen LogP contribution in [0.1, 0.15) is 5.56 Å². The summed E-state index contributed by atoms with van der Waals surface area (Å²) in [7, 11) is 3.15. The topological polar surface area (TPSA) is 91.3 Å². The van der Waals surface area contributed by atoms with Crippen molar-refractivity contribution in [2.45, 2.75) is 6.61 Å². The summed E-state index contributed by atoms with van der Waals surface area (Å²) in [6.07, 6.45) is 0. The summed E-state index contributed by atoms with van der Waals surface area (Å²) in [4.78, 5) is 13.1. The maximum absolute atomic E-state index is 13.1. The Kier molecular flexibility index (Phi) is 6.17. The van der Waals surface area contributed by atoms with Crippen LogP contribution in [0.3, 0.4) is 0 Å². The molecule has 0 saturated carbocycles. The molecule has 6 rings (SSSR count). The van der Waals surface area contributed by atoms with Gasteiger partial charge in [-0.2, -0.15) is 0 Å². The Morgan fingerprint density at radius 3 is 2.18 bits per heavy atom. The van der Waals surface area contributed by atoms with E-state index in [0.29, 0.717) is 46.2 Å². The number of methoxy groups -OCH3 is 2. The fraction of sp³-hybridized carbons (Fsp3) is 0.0938. The largest absolute Gasteiger partial charge is 0.506 e. The van der Waals surface area contributed by atoms with E-state index >= 15 is 0 Å². The number of fused-ring (bicyclic) bond motifs is 2. The van der Waals surface area contributed by atoms with E-state index in [-0.39, 0.29) is 22.1 Å². The van der Waals surface area contributed by atoms with E-state index in [1.165, 1.54) is 6.07 Å². The number of aromatic hydroxyl groups is 1. The van der Waals surface area contributed by atoms with Crippen molar-refractivity contribution in [3.63, 3.8) is 0 Å². The van der Waals surface area contributed by atoms with Gasteiger partial charge in [0.1, 0.15) is 46.2 Å². The number of benzene rings is 4. The number of phenolic OH excluding ortho intramolecular Hbond substituents is 1. The van der Waals surface area contributed by atoms with Crippen molar-refractivity contribution < 1.29 is 28.2 Å². The van der Waals surface area contributed by atoms with E-state index in [1.807, 2.05) is 54.6 Å². The molecule has 0 saturated heterocycles. The van der Waals surface area contributed by atoms with E-state index in [9.17, 15) is 9.90 Å². The van der Waals surface area contributed by atoms with Crippen molar-refractivity contribution in [2.75, 3.05) is 14.2 Å². The first kappa shape index (κ1) is 24.2. The standard InChI is InChI=1S/C32H24O7/c1-35-22-11-8-20(9-12-22)26-15-23-28(38-26)17-30-31(32(23)34)24(33)16-27(39-30)21-10-13-25(29(14-21)36-2)37-18-19-6-4-3-5-7-19/h3-17,34H,18H2,1-2H3. The molecule has 0 bridgehead atoms. The van der Waals surface area contributed by atoms with E-state index in [1.54, 1.807) is 44.6 Å². The maximum Gasteiger partial charge on any atom is 0.197 e. The third kappa shape index (κ3) is 4.55. The average Bonchev–Trinajstić information content (AvgIpc) is 3.41. The number of furan rings is 1. The molecule has 0 fully saturated rings. The summed E-state index contributed by atoms with van der Waals surface area (Å²) in [5.41, 5.74) is 2.69. The molecule has 0 aliphatic rings. The zero-order valence-corrected chi connectivity index (χ0v) is 21.3. The SMILES string of the molecule is COc1ccc(-c2cc3c(O)c4c(=O)cc(-c5ccc(OCc6ccccc6)c(OC)c5)oc4cc3o2)cc1. The Hall–Kier alpha value is -5.17. The normalized spacial score (nSPS) is 11.1. The molecule has 0 aliphatic carbocycles. The van der Waals surface area contributed by atoms with Crippen LogP contribution in [0.2, 0.25) is 0 Å². The molecular formula is C32H24O7. The van der Waals surface area contributed by atoms with Crippen molar-refractivity contribution in [3.8, 4) is 45.6 Å². The fourth-order valence-corrected chi connectivity index (χ4v) is 4.51. The lowest BCUT2D eigenvalue weighted by atomic mass is 10.1. The maximum atomic E-state index is 13.1. The third-order valence-corrected chi connectivity index (χ3v) is 6.55. The number of rotatable bonds is 7. The summed E-state index contributed by atoms with van der Waals surface area (Å²) in [5.74, 6) is 2.46. The minimum absolute atomic E-state index is 0.0862. The highest BCUT2D eigenvalue weighted by Gasteiger charge is 2.19. The molecule has 0 unspecified atom stereocenters. The first-order valence-electron chi connectivity index (χ1n) is 12.3. The second-order valence-electron chi connectivity index (χ2n) is 8.96. The van der Waals surface area contributed by atoms with E-state index in [0.717, 1.165) is 16.9 Å². The zero-order valence-electron chi connectivity index (χ0n) is 21.3. The summed E-state index contributed by atoms with van der Waals surface area (Å²) in [6, 6.07) is 27.2. The Labute approximate surface area is 223 Å². The molecule has 4 aromatic carbocycles. The van der Waals surface area contributed by atoms with Crippen LogP contribution in [0, 0.1) is 0 Å². The van der Waals surface area contributed by atoms with Gasteiger partial charge in [0, 0.05) is 23.3 Å². The van der Waals surface area contributed by atoms with Gasteiger partial charge in [-0.3, -0.25) is 4.79 Å². The average molecular weight is 521 g/mol. The molecule has 0 atom stereocenters. The van der Waals surface area contributed by atoms with Gasteiger partial charge < -0.3 is 28.2 Å². The van der Waals surface area contributed by atoms with Gasteiger partial charge in [0.25, 0.3) is 0 Å². The van der Waals surface area contributed by atoms with Crippen LogP contribution in [0.4, 0.5) is 0 Å². The van der Waals surface area contributed by atoms with Crippen LogP contribution in [0.15, 0.2) is 105 Å². The van der Waals surface area contributed by atoms with Gasteiger partial charge >= 0.3 is 0 Å². The lowest BCUT2D eigenvalue weighted by Gasteiger charge is -2.12. The zero-order chi connectivity index (χ0) is 26.9. The second kappa shape index (κ2) is 9.95. The molecular weight excluding hydrogens is 496 g/mol. The first-order valence-corrected chi connectivity index (χ1v) is 12.3. The summed E-state index contributed by atoms with van der Waals surface area (Å²) < 4.78 is 28.8. The van der Waals surface area contributed by atoms with Crippen molar-refractivity contribution in [1.82, 2.24) is 0 Å². The highest BCUT2D eigenvalue weighted by Crippen LogP contribution is 2.39. The summed E-state index contributed by atoms with van der Waals surface area (Å²) in [5, 5.41) is 11.5. The number of hydrogen-bond donors (Lipinski definition) is 1. The molecule has 1 N–H and O–H groups in total. The van der Waals surface area contributed by atoms with Gasteiger partial charge in [0.2, 0.25) is 0 Å². The molecule has 2 heterocycles. The number of phenols is 1. The van der Waals surface area contributed by atoms with E-state index in [4.69, 9.17) is 23.0 Å². The minimum atomic E-state index is -0.374. The lowest BCUT2D eigenvalue weighted by molar-refractivity contribution is 0.284. The molecule has 194 valence electrons. The molecule has 0 aliphatic heterocycles.